The number of carbonyl (C=O) groups excluding carboxylic acids is 1. The molecular formula is C10H17N5O. The van der Waals surface area contributed by atoms with Gasteiger partial charge in [0.2, 0.25) is 5.95 Å². The molecule has 1 rings (SSSR count). The van der Waals surface area contributed by atoms with Crippen LogP contribution in [0.4, 0.5) is 11.8 Å². The normalized spacial score (nSPS) is 11.9. The summed E-state index contributed by atoms with van der Waals surface area (Å²) < 4.78 is 0. The zero-order valence-corrected chi connectivity index (χ0v) is 9.74. The van der Waals surface area contributed by atoms with Gasteiger partial charge in [-0.3, -0.25) is 4.79 Å². The molecule has 1 heterocycles. The molecule has 0 aliphatic carbocycles. The second-order valence-electron chi connectivity index (χ2n) is 3.52. The van der Waals surface area contributed by atoms with E-state index >= 15 is 0 Å². The van der Waals surface area contributed by atoms with Gasteiger partial charge in [-0.1, -0.05) is 6.92 Å². The summed E-state index contributed by atoms with van der Waals surface area (Å²) in [6, 6.07) is 0.220. The fourth-order valence-electron chi connectivity index (χ4n) is 1.13. The molecule has 0 aliphatic rings. The highest BCUT2D eigenvalue weighted by molar-refractivity contribution is 5.97. The van der Waals surface area contributed by atoms with Crippen LogP contribution < -0.4 is 16.4 Å². The van der Waals surface area contributed by atoms with E-state index in [2.05, 4.69) is 20.6 Å². The Hall–Kier alpha value is -1.85. The quantitative estimate of drug-likeness (QED) is 0.687. The van der Waals surface area contributed by atoms with Gasteiger partial charge in [-0.05, 0) is 13.3 Å². The van der Waals surface area contributed by atoms with Gasteiger partial charge >= 0.3 is 0 Å². The molecule has 1 aromatic heterocycles. The summed E-state index contributed by atoms with van der Waals surface area (Å²) in [4.78, 5) is 19.3. The van der Waals surface area contributed by atoms with E-state index in [1.165, 1.54) is 6.20 Å². The van der Waals surface area contributed by atoms with Crippen molar-refractivity contribution < 1.29 is 4.79 Å². The van der Waals surface area contributed by atoms with Gasteiger partial charge < -0.3 is 16.4 Å². The maximum Gasteiger partial charge on any atom is 0.254 e. The first-order chi connectivity index (χ1) is 7.58. The minimum atomic E-state index is -0.534. The maximum atomic E-state index is 11.2. The number of carbonyl (C=O) groups is 1. The van der Waals surface area contributed by atoms with Crippen molar-refractivity contribution >= 4 is 17.7 Å². The molecule has 0 radical (unpaired) electrons. The Morgan fingerprint density at radius 1 is 1.62 bits per heavy atom. The number of rotatable bonds is 5. The largest absolute Gasteiger partial charge is 0.367 e. The Morgan fingerprint density at radius 2 is 2.31 bits per heavy atom. The lowest BCUT2D eigenvalue weighted by molar-refractivity contribution is 0.100. The number of primary amides is 1. The number of amides is 1. The molecule has 0 fully saturated rings. The number of nitrogens with two attached hydrogens (primary N) is 1. The molecule has 0 spiro atoms. The second-order valence-corrected chi connectivity index (χ2v) is 3.52. The summed E-state index contributed by atoms with van der Waals surface area (Å²) in [5, 5.41) is 5.93. The van der Waals surface area contributed by atoms with Crippen molar-refractivity contribution in [2.75, 3.05) is 17.7 Å². The Morgan fingerprint density at radius 3 is 2.81 bits per heavy atom. The lowest BCUT2D eigenvalue weighted by Crippen LogP contribution is -2.21. The van der Waals surface area contributed by atoms with Gasteiger partial charge in [-0.25, -0.2) is 4.98 Å². The van der Waals surface area contributed by atoms with E-state index in [0.29, 0.717) is 17.3 Å². The summed E-state index contributed by atoms with van der Waals surface area (Å²) in [5.41, 5.74) is 5.55. The summed E-state index contributed by atoms with van der Waals surface area (Å²) in [6.07, 6.45) is 2.35. The summed E-state index contributed by atoms with van der Waals surface area (Å²) in [5.74, 6) is 0.394. The van der Waals surface area contributed by atoms with Gasteiger partial charge in [0, 0.05) is 19.3 Å². The number of nitrogens with zero attached hydrogens (tertiary/aromatic N) is 2. The molecule has 1 atom stereocenters. The van der Waals surface area contributed by atoms with Crippen molar-refractivity contribution in [1.82, 2.24) is 9.97 Å². The van der Waals surface area contributed by atoms with Gasteiger partial charge in [-0.2, -0.15) is 4.98 Å². The first-order valence-corrected chi connectivity index (χ1v) is 5.19. The standard InChI is InChI=1S/C10H17N5O/c1-4-6(2)14-9-7(8(11)16)5-13-10(12-3)15-9/h5-6H,4H2,1-3H3,(H2,11,16)(H2,12,13,14,15)/t6-/m1/s1. The smallest absolute Gasteiger partial charge is 0.254 e. The average Bonchev–Trinajstić information content (AvgIpc) is 2.28. The molecular weight excluding hydrogens is 206 g/mol. The van der Waals surface area contributed by atoms with Crippen molar-refractivity contribution in [2.24, 2.45) is 5.73 Å². The van der Waals surface area contributed by atoms with Crippen LogP contribution in [0.3, 0.4) is 0 Å². The van der Waals surface area contributed by atoms with E-state index in [9.17, 15) is 4.79 Å². The van der Waals surface area contributed by atoms with Crippen LogP contribution in [0, 0.1) is 0 Å². The van der Waals surface area contributed by atoms with Crippen molar-refractivity contribution in [3.8, 4) is 0 Å². The van der Waals surface area contributed by atoms with Gasteiger partial charge in [-0.15, -0.1) is 0 Å². The summed E-state index contributed by atoms with van der Waals surface area (Å²) in [6.45, 7) is 4.05. The molecule has 4 N–H and O–H groups in total. The minimum absolute atomic E-state index is 0.220. The van der Waals surface area contributed by atoms with Crippen LogP contribution >= 0.6 is 0 Å². The highest BCUT2D eigenvalue weighted by atomic mass is 16.1. The van der Waals surface area contributed by atoms with Crippen molar-refractivity contribution in [1.29, 1.82) is 0 Å². The topological polar surface area (TPSA) is 92.9 Å². The van der Waals surface area contributed by atoms with Crippen LogP contribution in [-0.2, 0) is 0 Å². The summed E-state index contributed by atoms with van der Waals surface area (Å²) >= 11 is 0. The van der Waals surface area contributed by atoms with Crippen LogP contribution in [0.2, 0.25) is 0 Å². The van der Waals surface area contributed by atoms with E-state index in [0.717, 1.165) is 6.42 Å². The number of hydrogen-bond donors (Lipinski definition) is 3. The minimum Gasteiger partial charge on any atom is -0.367 e. The van der Waals surface area contributed by atoms with Crippen LogP contribution in [0.15, 0.2) is 6.20 Å². The van der Waals surface area contributed by atoms with Gasteiger partial charge in [0.1, 0.15) is 5.82 Å². The van der Waals surface area contributed by atoms with E-state index in [-0.39, 0.29) is 6.04 Å². The number of hydrogen-bond acceptors (Lipinski definition) is 5. The number of aromatic nitrogens is 2. The zero-order valence-electron chi connectivity index (χ0n) is 9.74. The third-order valence-corrected chi connectivity index (χ3v) is 2.27. The molecule has 0 unspecified atom stereocenters. The monoisotopic (exact) mass is 223 g/mol. The molecule has 0 bridgehead atoms. The van der Waals surface area contributed by atoms with Gasteiger partial charge in [0.15, 0.2) is 0 Å². The molecule has 0 saturated heterocycles. The van der Waals surface area contributed by atoms with Crippen LogP contribution in [0.1, 0.15) is 30.6 Å². The van der Waals surface area contributed by atoms with Gasteiger partial charge in [0.25, 0.3) is 5.91 Å². The van der Waals surface area contributed by atoms with E-state index in [1.54, 1.807) is 7.05 Å². The number of nitrogens with one attached hydrogen (secondary N) is 2. The first-order valence-electron chi connectivity index (χ1n) is 5.19. The zero-order chi connectivity index (χ0) is 12.1. The molecule has 0 aliphatic heterocycles. The molecule has 88 valence electrons. The summed E-state index contributed by atoms with van der Waals surface area (Å²) in [7, 11) is 1.71. The third-order valence-electron chi connectivity index (χ3n) is 2.27. The molecule has 6 nitrogen and oxygen atoms in total. The van der Waals surface area contributed by atoms with Crippen molar-refractivity contribution in [3.63, 3.8) is 0 Å². The third kappa shape index (κ3) is 2.82. The lowest BCUT2D eigenvalue weighted by Gasteiger charge is -2.14. The first kappa shape index (κ1) is 12.2. The molecule has 1 amide bonds. The highest BCUT2D eigenvalue weighted by Gasteiger charge is 2.12. The van der Waals surface area contributed by atoms with Crippen LogP contribution in [-0.4, -0.2) is 29.0 Å². The predicted octanol–water partition coefficient (Wildman–Crippen LogP) is 0.828. The Labute approximate surface area is 94.7 Å². The predicted molar refractivity (Wildman–Crippen MR) is 63.5 cm³/mol. The second kappa shape index (κ2) is 5.29. The maximum absolute atomic E-state index is 11.2. The Bertz CT molecular complexity index is 379. The van der Waals surface area contributed by atoms with E-state index in [4.69, 9.17) is 5.73 Å². The van der Waals surface area contributed by atoms with Crippen LogP contribution in [0.25, 0.3) is 0 Å². The highest BCUT2D eigenvalue weighted by Crippen LogP contribution is 2.14. The van der Waals surface area contributed by atoms with Crippen LogP contribution in [0.5, 0.6) is 0 Å². The fourth-order valence-corrected chi connectivity index (χ4v) is 1.13. The van der Waals surface area contributed by atoms with Crippen molar-refractivity contribution in [3.05, 3.63) is 11.8 Å². The number of anilines is 2. The van der Waals surface area contributed by atoms with E-state index < -0.39 is 5.91 Å². The molecule has 0 aromatic carbocycles. The van der Waals surface area contributed by atoms with Crippen molar-refractivity contribution in [2.45, 2.75) is 26.3 Å². The molecule has 0 saturated carbocycles. The fraction of sp³-hybridized carbons (Fsp3) is 0.500. The van der Waals surface area contributed by atoms with E-state index in [1.807, 2.05) is 13.8 Å². The Kier molecular flexibility index (Phi) is 4.04. The lowest BCUT2D eigenvalue weighted by atomic mass is 10.2. The Balaban J connectivity index is 3.05. The SMILES string of the molecule is CC[C@@H](C)Nc1nc(NC)ncc1C(N)=O. The molecule has 6 heteroatoms. The molecule has 1 aromatic rings. The molecule has 16 heavy (non-hydrogen) atoms. The average molecular weight is 223 g/mol. The van der Waals surface area contributed by atoms with Gasteiger partial charge in [0.05, 0.1) is 5.56 Å².